The van der Waals surface area contributed by atoms with Gasteiger partial charge in [0.2, 0.25) is 0 Å². The van der Waals surface area contributed by atoms with Crippen molar-refractivity contribution in [3.8, 4) is 34.2 Å². The van der Waals surface area contributed by atoms with Crippen LogP contribution in [0, 0.1) is 0 Å². The fourth-order valence-corrected chi connectivity index (χ4v) is 15.5. The standard InChI is InChI=1S/C84H54N6/c1-7-28-55-49(22-1)46-50-23-2-8-29-56(50)73(55)79-61-34-13-16-40-67(61)85-70-43-19-37-64(76(70)79)82-88-83(65-38-20-44-71-77(65)80(62-35-14-17-41-68(62)86-71)74-57-30-9-3-24-51(57)47-52-25-4-10-31-58(52)74)90-84(89-82)66-39-21-45-72-78(66)81(63-36-15-18-42-69(63)87-72)75-59-32-11-5-26-53(59)48-54-27-6-12-33-60(54)75/h1-45,85-87H,46-48H2. The highest BCUT2D eigenvalue weighted by Crippen LogP contribution is 2.56. The minimum Gasteiger partial charge on any atom is -0.354 e. The fraction of sp³-hybridized carbons (Fsp3) is 0.0357. The van der Waals surface area contributed by atoms with E-state index in [1.807, 2.05) is 0 Å². The zero-order valence-corrected chi connectivity index (χ0v) is 48.9. The van der Waals surface area contributed by atoms with Gasteiger partial charge in [0.15, 0.2) is 17.5 Å². The van der Waals surface area contributed by atoms with Gasteiger partial charge in [-0.05, 0) is 139 Å². The summed E-state index contributed by atoms with van der Waals surface area (Å²) in [5.41, 5.74) is 37.4. The molecule has 19 rings (SSSR count). The molecule has 420 valence electrons. The van der Waals surface area contributed by atoms with Crippen molar-refractivity contribution in [2.75, 3.05) is 16.0 Å². The van der Waals surface area contributed by atoms with Crippen molar-refractivity contribution in [3.63, 3.8) is 0 Å². The van der Waals surface area contributed by atoms with Crippen molar-refractivity contribution in [2.45, 2.75) is 19.3 Å². The van der Waals surface area contributed by atoms with Crippen LogP contribution in [0.25, 0.3) is 67.6 Å². The predicted octanol–water partition coefficient (Wildman–Crippen LogP) is 19.8. The lowest BCUT2D eigenvalue weighted by Gasteiger charge is -2.32. The topological polar surface area (TPSA) is 74.8 Å². The van der Waals surface area contributed by atoms with Crippen LogP contribution in [0.3, 0.4) is 0 Å². The number of para-hydroxylation sites is 3. The van der Waals surface area contributed by atoms with E-state index in [0.717, 1.165) is 120 Å². The van der Waals surface area contributed by atoms with Crippen LogP contribution in [0.5, 0.6) is 0 Å². The predicted molar refractivity (Wildman–Crippen MR) is 367 cm³/mol. The Bertz CT molecular complexity index is 4700. The molecule has 0 fully saturated rings. The van der Waals surface area contributed by atoms with E-state index in [1.165, 1.54) is 83.5 Å². The fourth-order valence-electron chi connectivity index (χ4n) is 15.5. The van der Waals surface area contributed by atoms with E-state index in [-0.39, 0.29) is 0 Å². The molecule has 4 heterocycles. The first-order valence-corrected chi connectivity index (χ1v) is 31.1. The maximum Gasteiger partial charge on any atom is 0.164 e. The Balaban J connectivity index is 0.941. The quantitative estimate of drug-likeness (QED) is 0.164. The first-order chi connectivity index (χ1) is 44.6. The second kappa shape index (κ2) is 19.9. The molecule has 12 aromatic carbocycles. The van der Waals surface area contributed by atoms with Gasteiger partial charge >= 0.3 is 0 Å². The van der Waals surface area contributed by atoms with Gasteiger partial charge < -0.3 is 16.0 Å². The van der Waals surface area contributed by atoms with Crippen LogP contribution in [0.4, 0.5) is 34.1 Å². The van der Waals surface area contributed by atoms with Gasteiger partial charge in [-0.1, -0.05) is 237 Å². The van der Waals surface area contributed by atoms with Crippen LogP contribution in [-0.2, 0) is 19.3 Å². The summed E-state index contributed by atoms with van der Waals surface area (Å²) in [5.74, 6) is 1.70. The first kappa shape index (κ1) is 50.4. The number of nitrogens with one attached hydrogen (secondary N) is 3. The third kappa shape index (κ3) is 7.68. The van der Waals surface area contributed by atoms with Crippen molar-refractivity contribution in [3.05, 3.63) is 373 Å². The molecular weight excluding hydrogens is 1090 g/mol. The lowest BCUT2D eigenvalue weighted by atomic mass is 9.75. The summed E-state index contributed by atoms with van der Waals surface area (Å²) >= 11 is 0. The third-order valence-electron chi connectivity index (χ3n) is 19.3. The Morgan fingerprint density at radius 3 is 0.633 bits per heavy atom. The summed E-state index contributed by atoms with van der Waals surface area (Å²) in [4.78, 5) is 17.8. The molecule has 0 saturated carbocycles. The summed E-state index contributed by atoms with van der Waals surface area (Å²) in [5, 5.41) is 11.8. The molecule has 0 atom stereocenters. The van der Waals surface area contributed by atoms with Crippen LogP contribution in [0.15, 0.2) is 273 Å². The zero-order valence-electron chi connectivity index (χ0n) is 48.9. The number of nitrogens with zero attached hydrogens (tertiary/aromatic N) is 3. The second-order valence-corrected chi connectivity index (χ2v) is 24.2. The van der Waals surface area contributed by atoms with Gasteiger partial charge in [0.05, 0.1) is 0 Å². The molecule has 0 unspecified atom stereocenters. The molecule has 6 nitrogen and oxygen atoms in total. The molecule has 0 radical (unpaired) electrons. The number of anilines is 6. The Labute approximate surface area is 522 Å². The van der Waals surface area contributed by atoms with Gasteiger partial charge in [0.25, 0.3) is 0 Å². The van der Waals surface area contributed by atoms with Gasteiger partial charge in [-0.3, -0.25) is 0 Å². The number of benzene rings is 12. The zero-order chi connectivity index (χ0) is 59.0. The van der Waals surface area contributed by atoms with E-state index in [9.17, 15) is 0 Å². The van der Waals surface area contributed by atoms with E-state index < -0.39 is 0 Å². The molecule has 6 aliphatic rings. The lowest BCUT2D eigenvalue weighted by molar-refractivity contribution is 1.07. The number of rotatable bonds is 3. The molecule has 0 saturated heterocycles. The molecule has 0 spiro atoms. The van der Waals surface area contributed by atoms with E-state index in [4.69, 9.17) is 15.0 Å². The van der Waals surface area contributed by atoms with Crippen LogP contribution < -0.4 is 16.0 Å². The molecule has 3 N–H and O–H groups in total. The smallest absolute Gasteiger partial charge is 0.164 e. The van der Waals surface area contributed by atoms with Crippen molar-refractivity contribution in [1.29, 1.82) is 0 Å². The molecule has 3 aliphatic carbocycles. The number of hydrogen-bond donors (Lipinski definition) is 3. The molecule has 13 aromatic rings. The lowest BCUT2D eigenvalue weighted by Crippen LogP contribution is -2.15. The molecular formula is C84H54N6. The Hall–Kier alpha value is -11.7. The minimum atomic E-state index is 0.567. The highest BCUT2D eigenvalue weighted by Gasteiger charge is 2.37. The van der Waals surface area contributed by atoms with Crippen molar-refractivity contribution >= 4 is 67.6 Å². The molecule has 0 amide bonds. The van der Waals surface area contributed by atoms with Gasteiger partial charge in [-0.25, -0.2) is 15.0 Å². The van der Waals surface area contributed by atoms with E-state index in [2.05, 4.69) is 289 Å². The number of aromatic nitrogens is 3. The maximum atomic E-state index is 5.93. The van der Waals surface area contributed by atoms with Crippen LogP contribution in [-0.4, -0.2) is 15.0 Å². The summed E-state index contributed by atoms with van der Waals surface area (Å²) in [7, 11) is 0. The summed E-state index contributed by atoms with van der Waals surface area (Å²) in [6.07, 6.45) is 2.55. The highest BCUT2D eigenvalue weighted by molar-refractivity contribution is 6.18. The first-order valence-electron chi connectivity index (χ1n) is 31.1. The molecule has 6 heteroatoms. The molecule has 3 aliphatic heterocycles. The SMILES string of the molecule is c1ccc2c(c1)Cc1ccccc1C2=C1c2ccccc2Nc2cccc(-c3nc(-c4cccc5c4C(=C4c6ccccc6Cc6ccccc64)c4ccccc4N5)nc(-c4cccc5c4C(=C4c6ccccc6Cc6ccccc64)c4ccccc4N5)n3)c21. The Kier molecular flexibility index (Phi) is 11.2. The highest BCUT2D eigenvalue weighted by atomic mass is 15.0. The van der Waals surface area contributed by atoms with E-state index in [1.54, 1.807) is 0 Å². The monoisotopic (exact) mass is 1150 g/mol. The third-order valence-corrected chi connectivity index (χ3v) is 19.3. The summed E-state index contributed by atoms with van der Waals surface area (Å²) < 4.78 is 0. The van der Waals surface area contributed by atoms with E-state index in [0.29, 0.717) is 17.5 Å². The second-order valence-electron chi connectivity index (χ2n) is 24.2. The van der Waals surface area contributed by atoms with Crippen molar-refractivity contribution in [2.24, 2.45) is 0 Å². The Morgan fingerprint density at radius 1 is 0.178 bits per heavy atom. The largest absolute Gasteiger partial charge is 0.354 e. The normalized spacial score (nSPS) is 14.0. The van der Waals surface area contributed by atoms with Crippen LogP contribution >= 0.6 is 0 Å². The average Bonchev–Trinajstić information content (AvgIpc) is 0.776. The average molecular weight is 1150 g/mol. The van der Waals surface area contributed by atoms with Gasteiger partial charge in [-0.2, -0.15) is 0 Å². The van der Waals surface area contributed by atoms with Gasteiger partial charge in [0.1, 0.15) is 0 Å². The maximum absolute atomic E-state index is 5.93. The van der Waals surface area contributed by atoms with E-state index >= 15 is 0 Å². The summed E-state index contributed by atoms with van der Waals surface area (Å²) in [6, 6.07) is 99.7. The summed E-state index contributed by atoms with van der Waals surface area (Å²) in [6.45, 7) is 0. The van der Waals surface area contributed by atoms with Crippen LogP contribution in [0.1, 0.15) is 100 Å². The number of hydrogen-bond acceptors (Lipinski definition) is 6. The molecule has 0 bridgehead atoms. The van der Waals surface area contributed by atoms with Gasteiger partial charge in [-0.15, -0.1) is 0 Å². The van der Waals surface area contributed by atoms with Crippen molar-refractivity contribution in [1.82, 2.24) is 15.0 Å². The minimum absolute atomic E-state index is 0.567. The Morgan fingerprint density at radius 2 is 0.378 bits per heavy atom. The van der Waals surface area contributed by atoms with Crippen LogP contribution in [0.2, 0.25) is 0 Å². The number of fused-ring (bicyclic) bond motifs is 12. The molecule has 90 heavy (non-hydrogen) atoms. The van der Waals surface area contributed by atoms with Crippen molar-refractivity contribution < 1.29 is 0 Å². The molecule has 1 aromatic heterocycles. The van der Waals surface area contributed by atoms with Gasteiger partial charge in [0, 0.05) is 101 Å².